The average Bonchev–Trinajstić information content (AvgIpc) is 2.20. The molecule has 1 fully saturated rings. The van der Waals surface area contributed by atoms with E-state index in [1.54, 1.807) is 0 Å². The number of alkyl halides is 1. The zero-order valence-electron chi connectivity index (χ0n) is 9.24. The molecule has 0 aromatic rings. The van der Waals surface area contributed by atoms with E-state index in [2.05, 4.69) is 6.07 Å². The Hall–Kier alpha value is -0.300. The lowest BCUT2D eigenvalue weighted by Crippen LogP contribution is -2.50. The van der Waals surface area contributed by atoms with Crippen LogP contribution < -0.4 is 0 Å². The first kappa shape index (κ1) is 12.8. The Balaban J connectivity index is 2.67. The zero-order chi connectivity index (χ0) is 11.5. The third-order valence-electron chi connectivity index (χ3n) is 3.20. The summed E-state index contributed by atoms with van der Waals surface area (Å²) in [7, 11) is 0. The summed E-state index contributed by atoms with van der Waals surface area (Å²) in [5, 5.41) is 18.8. The van der Waals surface area contributed by atoms with E-state index >= 15 is 0 Å². The van der Waals surface area contributed by atoms with Crippen molar-refractivity contribution in [3.05, 3.63) is 0 Å². The molecule has 0 aromatic heterocycles. The fourth-order valence-electron chi connectivity index (χ4n) is 1.94. The molecular weight excluding hydrogens is 214 g/mol. The number of nitrogens with zero attached hydrogens (tertiary/aromatic N) is 1. The topological polar surface area (TPSA) is 53.2 Å². The molecule has 15 heavy (non-hydrogen) atoms. The molecule has 1 heterocycles. The second kappa shape index (κ2) is 5.16. The molecule has 1 rings (SSSR count). The number of rotatable bonds is 3. The number of halogens is 1. The second-order valence-electron chi connectivity index (χ2n) is 4.65. The van der Waals surface area contributed by atoms with E-state index in [9.17, 15) is 5.11 Å². The highest BCUT2D eigenvalue weighted by molar-refractivity contribution is 6.17. The second-order valence-corrected chi connectivity index (χ2v) is 5.02. The van der Waals surface area contributed by atoms with Gasteiger partial charge < -0.3 is 9.84 Å². The Morgan fingerprint density at radius 2 is 2.27 bits per heavy atom. The largest absolute Gasteiger partial charge is 0.392 e. The molecule has 0 unspecified atom stereocenters. The maximum absolute atomic E-state index is 9.94. The molecule has 0 spiro atoms. The lowest BCUT2D eigenvalue weighted by molar-refractivity contribution is -0.159. The summed E-state index contributed by atoms with van der Waals surface area (Å²) in [6, 6.07) is 2.06. The number of aliphatic hydroxyl groups is 1. The van der Waals surface area contributed by atoms with E-state index in [4.69, 9.17) is 21.6 Å². The van der Waals surface area contributed by atoms with E-state index < -0.39 is 12.2 Å². The van der Waals surface area contributed by atoms with Gasteiger partial charge in [0.2, 0.25) is 0 Å². The Kier molecular flexibility index (Phi) is 4.39. The van der Waals surface area contributed by atoms with E-state index in [1.807, 2.05) is 13.8 Å². The maximum Gasteiger partial charge on any atom is 0.146 e. The number of ether oxygens (including phenoxy) is 1. The van der Waals surface area contributed by atoms with Crippen LogP contribution in [-0.2, 0) is 4.74 Å². The van der Waals surface area contributed by atoms with Crippen LogP contribution in [0, 0.1) is 16.7 Å². The minimum absolute atomic E-state index is 0.0790. The normalized spacial score (nSPS) is 34.7. The summed E-state index contributed by atoms with van der Waals surface area (Å²) in [6.07, 6.45) is 1.02. The van der Waals surface area contributed by atoms with Gasteiger partial charge in [0.1, 0.15) is 6.10 Å². The quantitative estimate of drug-likeness (QED) is 0.757. The van der Waals surface area contributed by atoms with E-state index in [1.165, 1.54) is 0 Å². The smallest absolute Gasteiger partial charge is 0.146 e. The van der Waals surface area contributed by atoms with Crippen molar-refractivity contribution >= 4 is 11.6 Å². The van der Waals surface area contributed by atoms with Gasteiger partial charge >= 0.3 is 0 Å². The SMILES string of the molecule is CC1(C)[C@@H](O)C[C@@H](C#N)O[C@@H]1CCCCl. The van der Waals surface area contributed by atoms with Crippen molar-refractivity contribution in [3.8, 4) is 6.07 Å². The monoisotopic (exact) mass is 231 g/mol. The van der Waals surface area contributed by atoms with Crippen molar-refractivity contribution in [1.82, 2.24) is 0 Å². The first-order chi connectivity index (χ1) is 7.02. The van der Waals surface area contributed by atoms with Crippen molar-refractivity contribution in [1.29, 1.82) is 5.26 Å². The third-order valence-corrected chi connectivity index (χ3v) is 3.47. The Morgan fingerprint density at radius 1 is 1.60 bits per heavy atom. The number of aliphatic hydroxyl groups excluding tert-OH is 1. The van der Waals surface area contributed by atoms with Gasteiger partial charge in [-0.2, -0.15) is 5.26 Å². The van der Waals surface area contributed by atoms with Crippen molar-refractivity contribution in [3.63, 3.8) is 0 Å². The summed E-state index contributed by atoms with van der Waals surface area (Å²) in [6.45, 7) is 3.95. The van der Waals surface area contributed by atoms with E-state index in [0.717, 1.165) is 12.8 Å². The van der Waals surface area contributed by atoms with E-state index in [-0.39, 0.29) is 11.5 Å². The highest BCUT2D eigenvalue weighted by atomic mass is 35.5. The van der Waals surface area contributed by atoms with Gasteiger partial charge in [-0.1, -0.05) is 13.8 Å². The summed E-state index contributed by atoms with van der Waals surface area (Å²) in [4.78, 5) is 0. The summed E-state index contributed by atoms with van der Waals surface area (Å²) in [5.74, 6) is 0.587. The first-order valence-corrected chi connectivity index (χ1v) is 5.85. The van der Waals surface area contributed by atoms with Crippen molar-refractivity contribution < 1.29 is 9.84 Å². The van der Waals surface area contributed by atoms with Crippen LogP contribution in [0.1, 0.15) is 33.1 Å². The van der Waals surface area contributed by atoms with Gasteiger partial charge in [-0.05, 0) is 12.8 Å². The molecule has 1 N–H and O–H groups in total. The number of hydrogen-bond acceptors (Lipinski definition) is 3. The minimum Gasteiger partial charge on any atom is -0.392 e. The molecular formula is C11H18ClNO2. The van der Waals surface area contributed by atoms with Gasteiger partial charge in [-0.3, -0.25) is 0 Å². The summed E-state index contributed by atoms with van der Waals surface area (Å²) < 4.78 is 5.64. The molecule has 1 aliphatic heterocycles. The minimum atomic E-state index is -0.478. The third kappa shape index (κ3) is 2.84. The highest BCUT2D eigenvalue weighted by Crippen LogP contribution is 2.38. The van der Waals surface area contributed by atoms with Gasteiger partial charge in [0, 0.05) is 17.7 Å². The van der Waals surface area contributed by atoms with Crippen molar-refractivity contribution in [2.24, 2.45) is 5.41 Å². The molecule has 0 radical (unpaired) electrons. The zero-order valence-corrected chi connectivity index (χ0v) is 10.00. The van der Waals surface area contributed by atoms with Gasteiger partial charge in [0.25, 0.3) is 0 Å². The Labute approximate surface area is 96.0 Å². The predicted molar refractivity (Wildman–Crippen MR) is 58.6 cm³/mol. The molecule has 1 saturated heterocycles. The Morgan fingerprint density at radius 3 is 2.80 bits per heavy atom. The molecule has 0 aliphatic carbocycles. The molecule has 1 aliphatic rings. The molecule has 3 atom stereocenters. The van der Waals surface area contributed by atoms with Crippen LogP contribution in [0.2, 0.25) is 0 Å². The maximum atomic E-state index is 9.94. The summed E-state index contributed by atoms with van der Waals surface area (Å²) in [5.41, 5.74) is -0.292. The van der Waals surface area contributed by atoms with Crippen molar-refractivity contribution in [2.75, 3.05) is 5.88 Å². The fourth-order valence-corrected chi connectivity index (χ4v) is 2.09. The van der Waals surface area contributed by atoms with Crippen LogP contribution in [0.25, 0.3) is 0 Å². The molecule has 3 nitrogen and oxygen atoms in total. The van der Waals surface area contributed by atoms with Crippen LogP contribution in [0.3, 0.4) is 0 Å². The lowest BCUT2D eigenvalue weighted by atomic mass is 9.75. The van der Waals surface area contributed by atoms with Gasteiger partial charge in [-0.15, -0.1) is 11.6 Å². The van der Waals surface area contributed by atoms with Crippen LogP contribution >= 0.6 is 11.6 Å². The fraction of sp³-hybridized carbons (Fsp3) is 0.909. The first-order valence-electron chi connectivity index (χ1n) is 5.31. The van der Waals surface area contributed by atoms with E-state index in [0.29, 0.717) is 12.3 Å². The van der Waals surface area contributed by atoms with Crippen LogP contribution in [0.5, 0.6) is 0 Å². The lowest BCUT2D eigenvalue weighted by Gasteiger charge is -2.44. The van der Waals surface area contributed by atoms with Gasteiger partial charge in [-0.25, -0.2) is 0 Å². The van der Waals surface area contributed by atoms with Gasteiger partial charge in [0.05, 0.1) is 18.3 Å². The molecule has 0 saturated carbocycles. The van der Waals surface area contributed by atoms with Crippen LogP contribution in [-0.4, -0.2) is 29.3 Å². The average molecular weight is 232 g/mol. The molecule has 86 valence electrons. The number of hydrogen-bond donors (Lipinski definition) is 1. The molecule has 4 heteroatoms. The summed E-state index contributed by atoms with van der Waals surface area (Å²) >= 11 is 5.64. The Bertz CT molecular complexity index is 249. The molecule has 0 bridgehead atoms. The van der Waals surface area contributed by atoms with Crippen molar-refractivity contribution in [2.45, 2.75) is 51.4 Å². The van der Waals surface area contributed by atoms with Crippen LogP contribution in [0.15, 0.2) is 0 Å². The molecule has 0 amide bonds. The predicted octanol–water partition coefficient (Wildman–Crippen LogP) is 2.07. The highest BCUT2D eigenvalue weighted by Gasteiger charge is 2.43. The number of nitriles is 1. The van der Waals surface area contributed by atoms with Crippen LogP contribution in [0.4, 0.5) is 0 Å². The van der Waals surface area contributed by atoms with Gasteiger partial charge in [0.15, 0.2) is 0 Å². The standard InChI is InChI=1S/C11H18ClNO2/c1-11(2)9(14)6-8(7-13)15-10(11)4-3-5-12/h8-10,14H,3-6H2,1-2H3/t8-,9-,10+/m0/s1. The molecule has 0 aromatic carbocycles.